The maximum Gasteiger partial charge on any atom is 0.275 e. The molecule has 3 rings (SSSR count). The molecule has 1 unspecified atom stereocenters. The van der Waals surface area contributed by atoms with Gasteiger partial charge in [0, 0.05) is 29.0 Å². The number of nitrogens with zero attached hydrogens (tertiary/aromatic N) is 2. The lowest BCUT2D eigenvalue weighted by molar-refractivity contribution is 0.0529. The summed E-state index contributed by atoms with van der Waals surface area (Å²) >= 11 is 3.44. The van der Waals surface area contributed by atoms with Crippen molar-refractivity contribution in [2.75, 3.05) is 13.1 Å². The summed E-state index contributed by atoms with van der Waals surface area (Å²) in [4.78, 5) is 14.6. The van der Waals surface area contributed by atoms with E-state index >= 15 is 0 Å². The molecule has 1 aliphatic rings. The van der Waals surface area contributed by atoms with Gasteiger partial charge in [-0.2, -0.15) is 5.10 Å². The van der Waals surface area contributed by atoms with E-state index in [1.807, 2.05) is 23.1 Å². The van der Waals surface area contributed by atoms with Crippen molar-refractivity contribution in [1.82, 2.24) is 15.1 Å². The average molecular weight is 351 g/mol. The number of aromatic amines is 1. The lowest BCUT2D eigenvalue weighted by atomic mass is 9.79. The minimum absolute atomic E-state index is 0.0284. The summed E-state index contributed by atoms with van der Waals surface area (Å²) in [5, 5.41) is 7.98. The molecule has 6 heteroatoms. The molecule has 1 aromatic heterocycles. The number of hydrogen-bond donors (Lipinski definition) is 2. The molecule has 1 aromatic carbocycles. The van der Waals surface area contributed by atoms with E-state index < -0.39 is 0 Å². The Balaban J connectivity index is 1.92. The summed E-state index contributed by atoms with van der Waals surface area (Å²) in [5.74, 6) is -0.0284. The van der Waals surface area contributed by atoms with Gasteiger partial charge in [0.1, 0.15) is 0 Å². The molecule has 21 heavy (non-hydrogen) atoms. The van der Waals surface area contributed by atoms with E-state index in [-0.39, 0.29) is 17.4 Å². The van der Waals surface area contributed by atoms with Gasteiger partial charge in [-0.05, 0) is 30.0 Å². The molecule has 0 radical (unpaired) electrons. The number of aromatic nitrogens is 2. The van der Waals surface area contributed by atoms with Crippen LogP contribution in [-0.2, 0) is 0 Å². The number of fused-ring (bicyclic) bond motifs is 1. The molecule has 1 atom stereocenters. The van der Waals surface area contributed by atoms with Crippen molar-refractivity contribution in [2.24, 2.45) is 11.1 Å². The van der Waals surface area contributed by atoms with Crippen LogP contribution in [0.5, 0.6) is 0 Å². The highest BCUT2D eigenvalue weighted by atomic mass is 79.9. The van der Waals surface area contributed by atoms with Crippen molar-refractivity contribution in [2.45, 2.75) is 26.3 Å². The van der Waals surface area contributed by atoms with Gasteiger partial charge in [-0.25, -0.2) is 0 Å². The maximum absolute atomic E-state index is 12.8. The van der Waals surface area contributed by atoms with Gasteiger partial charge in [0.15, 0.2) is 5.69 Å². The van der Waals surface area contributed by atoms with Gasteiger partial charge in [-0.1, -0.05) is 29.8 Å². The molecule has 112 valence electrons. The summed E-state index contributed by atoms with van der Waals surface area (Å²) in [5.41, 5.74) is 7.42. The lowest BCUT2D eigenvalue weighted by Crippen LogP contribution is -2.54. The third kappa shape index (κ3) is 2.58. The van der Waals surface area contributed by atoms with Gasteiger partial charge in [0.05, 0.1) is 5.52 Å². The van der Waals surface area contributed by atoms with Gasteiger partial charge >= 0.3 is 0 Å². The molecule has 1 aliphatic heterocycles. The first-order valence-corrected chi connectivity index (χ1v) is 7.86. The summed E-state index contributed by atoms with van der Waals surface area (Å²) in [6, 6.07) is 5.90. The number of halogens is 1. The fraction of sp³-hybridized carbons (Fsp3) is 0.467. The van der Waals surface area contributed by atoms with Crippen molar-refractivity contribution in [3.8, 4) is 0 Å². The number of carbonyl (C=O) groups excluding carboxylic acids is 1. The number of amides is 1. The fourth-order valence-corrected chi connectivity index (χ4v) is 3.21. The Morgan fingerprint density at radius 1 is 1.52 bits per heavy atom. The van der Waals surface area contributed by atoms with Crippen LogP contribution in [0.1, 0.15) is 30.8 Å². The lowest BCUT2D eigenvalue weighted by Gasteiger charge is -2.42. The second-order valence-corrected chi connectivity index (χ2v) is 7.29. The Hall–Kier alpha value is -1.40. The smallest absolute Gasteiger partial charge is 0.275 e. The predicted octanol–water partition coefficient (Wildman–Crippen LogP) is 2.52. The van der Waals surface area contributed by atoms with Crippen LogP contribution in [0, 0.1) is 5.41 Å². The molecule has 0 bridgehead atoms. The normalized spacial score (nSPS) is 21.7. The first-order valence-electron chi connectivity index (χ1n) is 7.07. The summed E-state index contributed by atoms with van der Waals surface area (Å²) in [7, 11) is 0. The molecular weight excluding hydrogens is 332 g/mol. The van der Waals surface area contributed by atoms with Crippen molar-refractivity contribution in [1.29, 1.82) is 0 Å². The summed E-state index contributed by atoms with van der Waals surface area (Å²) in [6.07, 6.45) is 0.824. The zero-order chi connectivity index (χ0) is 15.2. The molecule has 2 aromatic rings. The van der Waals surface area contributed by atoms with Crippen molar-refractivity contribution in [3.05, 3.63) is 28.4 Å². The van der Waals surface area contributed by atoms with E-state index in [2.05, 4.69) is 40.0 Å². The van der Waals surface area contributed by atoms with E-state index in [1.54, 1.807) is 0 Å². The fourth-order valence-electron chi connectivity index (χ4n) is 2.85. The summed E-state index contributed by atoms with van der Waals surface area (Å²) in [6.45, 7) is 5.56. The Morgan fingerprint density at radius 3 is 3.00 bits per heavy atom. The van der Waals surface area contributed by atoms with Crippen LogP contribution in [0.2, 0.25) is 0 Å². The Morgan fingerprint density at radius 2 is 2.29 bits per heavy atom. The minimum Gasteiger partial charge on any atom is -0.337 e. The zero-order valence-electron chi connectivity index (χ0n) is 12.2. The number of likely N-dealkylation sites (tertiary alicyclic amines) is 1. The standard InChI is InChI=1S/C15H19BrN4O/c1-15(2)8-20(6-5-12(15)17)14(21)13-10-7-9(16)3-4-11(10)18-19-13/h3-4,7,12H,5-6,8,17H2,1-2H3,(H,18,19). The Kier molecular flexibility index (Phi) is 3.53. The van der Waals surface area contributed by atoms with Gasteiger partial charge in [-0.3, -0.25) is 9.89 Å². The van der Waals surface area contributed by atoms with Crippen molar-refractivity contribution in [3.63, 3.8) is 0 Å². The molecule has 1 fully saturated rings. The van der Waals surface area contributed by atoms with Crippen molar-refractivity contribution < 1.29 is 4.79 Å². The quantitative estimate of drug-likeness (QED) is 0.829. The molecule has 0 spiro atoms. The first-order chi connectivity index (χ1) is 9.88. The van der Waals surface area contributed by atoms with E-state index in [9.17, 15) is 4.79 Å². The zero-order valence-corrected chi connectivity index (χ0v) is 13.8. The minimum atomic E-state index is -0.0688. The highest BCUT2D eigenvalue weighted by Gasteiger charge is 2.36. The van der Waals surface area contributed by atoms with Crippen molar-refractivity contribution >= 4 is 32.7 Å². The molecule has 1 saturated heterocycles. The number of hydrogen-bond acceptors (Lipinski definition) is 3. The molecule has 3 N–H and O–H groups in total. The second kappa shape index (κ2) is 5.10. The first kappa shape index (κ1) is 14.5. The number of piperidine rings is 1. The third-order valence-corrected chi connectivity index (χ3v) is 4.82. The predicted molar refractivity (Wildman–Crippen MR) is 86.1 cm³/mol. The van der Waals surface area contributed by atoms with E-state index in [0.717, 1.165) is 21.8 Å². The van der Waals surface area contributed by atoms with E-state index in [4.69, 9.17) is 5.73 Å². The van der Waals surface area contributed by atoms with E-state index in [0.29, 0.717) is 18.8 Å². The van der Waals surface area contributed by atoms with Crippen LogP contribution < -0.4 is 5.73 Å². The highest BCUT2D eigenvalue weighted by molar-refractivity contribution is 9.10. The van der Waals surface area contributed by atoms with Crippen LogP contribution in [-0.4, -0.2) is 40.1 Å². The Labute approximate surface area is 132 Å². The molecular formula is C15H19BrN4O. The number of rotatable bonds is 1. The van der Waals surface area contributed by atoms with Crippen LogP contribution >= 0.6 is 15.9 Å². The van der Waals surface area contributed by atoms with Gasteiger partial charge < -0.3 is 10.6 Å². The molecule has 2 heterocycles. The van der Waals surface area contributed by atoms with Crippen LogP contribution in [0.3, 0.4) is 0 Å². The highest BCUT2D eigenvalue weighted by Crippen LogP contribution is 2.29. The molecule has 1 amide bonds. The van der Waals surface area contributed by atoms with E-state index in [1.165, 1.54) is 0 Å². The third-order valence-electron chi connectivity index (χ3n) is 4.33. The Bertz CT molecular complexity index is 694. The topological polar surface area (TPSA) is 75.0 Å². The van der Waals surface area contributed by atoms with Gasteiger partial charge in [0.25, 0.3) is 5.91 Å². The van der Waals surface area contributed by atoms with Crippen LogP contribution in [0.25, 0.3) is 10.9 Å². The molecule has 0 aliphatic carbocycles. The maximum atomic E-state index is 12.8. The number of H-pyrrole nitrogens is 1. The average Bonchev–Trinajstić information content (AvgIpc) is 2.84. The van der Waals surface area contributed by atoms with Crippen LogP contribution in [0.4, 0.5) is 0 Å². The molecule has 5 nitrogen and oxygen atoms in total. The second-order valence-electron chi connectivity index (χ2n) is 6.37. The number of nitrogens with one attached hydrogen (secondary N) is 1. The van der Waals surface area contributed by atoms with Gasteiger partial charge in [-0.15, -0.1) is 0 Å². The SMILES string of the molecule is CC1(C)CN(C(=O)c2n[nH]c3ccc(Br)cc23)CCC1N. The van der Waals surface area contributed by atoms with Crippen LogP contribution in [0.15, 0.2) is 22.7 Å². The number of nitrogens with two attached hydrogens (primary N) is 1. The van der Waals surface area contributed by atoms with Gasteiger partial charge in [0.2, 0.25) is 0 Å². The number of benzene rings is 1. The monoisotopic (exact) mass is 350 g/mol. The largest absolute Gasteiger partial charge is 0.337 e. The number of carbonyl (C=O) groups is 1. The summed E-state index contributed by atoms with van der Waals surface area (Å²) < 4.78 is 0.937. The molecule has 0 saturated carbocycles.